The number of aryl methyl sites for hydroxylation is 2. The van der Waals surface area contributed by atoms with E-state index < -0.39 is 11.7 Å². The lowest BCUT2D eigenvalue weighted by molar-refractivity contribution is -0.132. The Hall–Kier alpha value is -3.45. The average Bonchev–Trinajstić information content (AvgIpc) is 2.72. The van der Waals surface area contributed by atoms with Crippen LogP contribution in [0.3, 0.4) is 0 Å². The SMILES string of the molecule is Cc1ccc(CN2CCNC(=O)C2CC(=O)Nc2ccc3c(C)cc(=O)oc3c2)cc1. The number of carbonyl (C=O) groups is 2. The summed E-state index contributed by atoms with van der Waals surface area (Å²) in [6.45, 7) is 5.71. The summed E-state index contributed by atoms with van der Waals surface area (Å²) in [5.41, 5.74) is 3.60. The Kier molecular flexibility index (Phi) is 5.86. The van der Waals surface area contributed by atoms with Crippen molar-refractivity contribution in [3.05, 3.63) is 75.6 Å². The van der Waals surface area contributed by atoms with Gasteiger partial charge in [-0.15, -0.1) is 0 Å². The number of anilines is 1. The molecule has 0 aliphatic carbocycles. The first-order chi connectivity index (χ1) is 14.9. The summed E-state index contributed by atoms with van der Waals surface area (Å²) < 4.78 is 5.24. The van der Waals surface area contributed by atoms with Crippen molar-refractivity contribution in [1.82, 2.24) is 10.2 Å². The van der Waals surface area contributed by atoms with Crippen LogP contribution in [-0.2, 0) is 16.1 Å². The Bertz CT molecular complexity index is 1180. The lowest BCUT2D eigenvalue weighted by Gasteiger charge is -2.34. The number of piperazine rings is 1. The van der Waals surface area contributed by atoms with E-state index in [1.807, 2.05) is 43.0 Å². The topological polar surface area (TPSA) is 91.7 Å². The van der Waals surface area contributed by atoms with Crippen LogP contribution in [-0.4, -0.2) is 35.8 Å². The van der Waals surface area contributed by atoms with E-state index in [1.165, 1.54) is 11.6 Å². The molecule has 0 radical (unpaired) electrons. The van der Waals surface area contributed by atoms with E-state index in [-0.39, 0.29) is 18.2 Å². The van der Waals surface area contributed by atoms with Crippen LogP contribution in [0.2, 0.25) is 0 Å². The zero-order valence-corrected chi connectivity index (χ0v) is 17.6. The summed E-state index contributed by atoms with van der Waals surface area (Å²) in [5, 5.41) is 6.49. The van der Waals surface area contributed by atoms with Gasteiger partial charge < -0.3 is 15.1 Å². The molecule has 2 aromatic carbocycles. The minimum absolute atomic E-state index is 0.0352. The number of rotatable bonds is 5. The molecule has 1 atom stereocenters. The molecule has 31 heavy (non-hydrogen) atoms. The highest BCUT2D eigenvalue weighted by Crippen LogP contribution is 2.21. The molecule has 0 saturated carbocycles. The van der Waals surface area contributed by atoms with E-state index in [4.69, 9.17) is 4.42 Å². The standard InChI is InChI=1S/C24H25N3O4/c1-15-3-5-17(6-4-15)14-27-10-9-25-24(30)20(27)13-22(28)26-18-7-8-19-16(2)11-23(29)31-21(19)12-18/h3-8,11-12,20H,9-10,13-14H2,1-2H3,(H,25,30)(H,26,28). The molecule has 2 heterocycles. The number of nitrogens with one attached hydrogen (secondary N) is 2. The third-order valence-electron chi connectivity index (χ3n) is 5.56. The minimum atomic E-state index is -0.546. The maximum atomic E-state index is 12.7. The van der Waals surface area contributed by atoms with Crippen molar-refractivity contribution in [2.45, 2.75) is 32.9 Å². The van der Waals surface area contributed by atoms with Crippen molar-refractivity contribution in [2.24, 2.45) is 0 Å². The maximum absolute atomic E-state index is 12.7. The van der Waals surface area contributed by atoms with E-state index in [0.717, 1.165) is 16.5 Å². The normalized spacial score (nSPS) is 16.8. The zero-order chi connectivity index (χ0) is 22.0. The van der Waals surface area contributed by atoms with E-state index in [2.05, 4.69) is 10.6 Å². The molecular weight excluding hydrogens is 394 g/mol. The number of amides is 2. The average molecular weight is 419 g/mol. The highest BCUT2D eigenvalue weighted by molar-refractivity contribution is 5.97. The summed E-state index contributed by atoms with van der Waals surface area (Å²) >= 11 is 0. The van der Waals surface area contributed by atoms with Crippen molar-refractivity contribution >= 4 is 28.5 Å². The molecule has 4 rings (SSSR count). The second kappa shape index (κ2) is 8.73. The first-order valence-electron chi connectivity index (χ1n) is 10.3. The molecule has 1 unspecified atom stereocenters. The minimum Gasteiger partial charge on any atom is -0.423 e. The van der Waals surface area contributed by atoms with Crippen LogP contribution in [0.15, 0.2) is 57.7 Å². The molecule has 1 fully saturated rings. The van der Waals surface area contributed by atoms with Crippen molar-refractivity contribution in [3.63, 3.8) is 0 Å². The van der Waals surface area contributed by atoms with Gasteiger partial charge in [-0.3, -0.25) is 14.5 Å². The fourth-order valence-electron chi connectivity index (χ4n) is 3.89. The lowest BCUT2D eigenvalue weighted by atomic mass is 10.1. The van der Waals surface area contributed by atoms with Crippen molar-refractivity contribution in [2.75, 3.05) is 18.4 Å². The molecule has 1 aliphatic heterocycles. The van der Waals surface area contributed by atoms with Crippen molar-refractivity contribution in [1.29, 1.82) is 0 Å². The predicted molar refractivity (Wildman–Crippen MR) is 119 cm³/mol. The molecule has 0 bridgehead atoms. The Morgan fingerprint density at radius 3 is 2.68 bits per heavy atom. The number of hydrogen-bond acceptors (Lipinski definition) is 5. The largest absolute Gasteiger partial charge is 0.423 e. The Morgan fingerprint density at radius 1 is 1.13 bits per heavy atom. The van der Waals surface area contributed by atoms with Gasteiger partial charge in [-0.25, -0.2) is 4.79 Å². The van der Waals surface area contributed by atoms with Crippen LogP contribution in [0.4, 0.5) is 5.69 Å². The number of carbonyl (C=O) groups excluding carboxylic acids is 2. The Labute approximate surface area is 180 Å². The summed E-state index contributed by atoms with van der Waals surface area (Å²) in [5.74, 6) is -0.418. The fraction of sp³-hybridized carbons (Fsp3) is 0.292. The molecule has 160 valence electrons. The van der Waals surface area contributed by atoms with Gasteiger partial charge in [-0.2, -0.15) is 0 Å². The van der Waals surface area contributed by atoms with Gasteiger partial charge >= 0.3 is 5.63 Å². The molecule has 7 heteroatoms. The third-order valence-corrected chi connectivity index (χ3v) is 5.56. The van der Waals surface area contributed by atoms with Gasteiger partial charge in [0.15, 0.2) is 0 Å². The second-order valence-electron chi connectivity index (χ2n) is 7.97. The first-order valence-corrected chi connectivity index (χ1v) is 10.3. The van der Waals surface area contributed by atoms with E-state index in [1.54, 1.807) is 18.2 Å². The number of hydrogen-bond donors (Lipinski definition) is 2. The van der Waals surface area contributed by atoms with Gasteiger partial charge in [0.1, 0.15) is 5.58 Å². The molecule has 3 aromatic rings. The fourth-order valence-corrected chi connectivity index (χ4v) is 3.89. The molecule has 2 amide bonds. The predicted octanol–water partition coefficient (Wildman–Crippen LogP) is 2.74. The van der Waals surface area contributed by atoms with Gasteiger partial charge in [0.05, 0.1) is 12.5 Å². The molecule has 1 aliphatic rings. The van der Waals surface area contributed by atoms with Crippen LogP contribution in [0.1, 0.15) is 23.1 Å². The molecule has 1 aromatic heterocycles. The Balaban J connectivity index is 1.47. The summed E-state index contributed by atoms with van der Waals surface area (Å²) in [6.07, 6.45) is 0.0352. The van der Waals surface area contributed by atoms with Gasteiger partial charge in [0.2, 0.25) is 11.8 Å². The number of benzene rings is 2. The first kappa shape index (κ1) is 20.8. The molecule has 0 spiro atoms. The van der Waals surface area contributed by atoms with Gasteiger partial charge in [0, 0.05) is 42.8 Å². The quantitative estimate of drug-likeness (QED) is 0.621. The summed E-state index contributed by atoms with van der Waals surface area (Å²) in [7, 11) is 0. The summed E-state index contributed by atoms with van der Waals surface area (Å²) in [4.78, 5) is 38.9. The summed E-state index contributed by atoms with van der Waals surface area (Å²) in [6, 6.07) is 14.3. The number of fused-ring (bicyclic) bond motifs is 1. The van der Waals surface area contributed by atoms with Crippen LogP contribution in [0.5, 0.6) is 0 Å². The van der Waals surface area contributed by atoms with Gasteiger partial charge in [-0.05, 0) is 37.1 Å². The Morgan fingerprint density at radius 2 is 1.90 bits per heavy atom. The van der Waals surface area contributed by atoms with Crippen LogP contribution in [0.25, 0.3) is 11.0 Å². The smallest absolute Gasteiger partial charge is 0.336 e. The lowest BCUT2D eigenvalue weighted by Crippen LogP contribution is -2.55. The highest BCUT2D eigenvalue weighted by Gasteiger charge is 2.31. The maximum Gasteiger partial charge on any atom is 0.336 e. The monoisotopic (exact) mass is 419 g/mol. The molecule has 2 N–H and O–H groups in total. The highest BCUT2D eigenvalue weighted by atomic mass is 16.4. The van der Waals surface area contributed by atoms with E-state index >= 15 is 0 Å². The van der Waals surface area contributed by atoms with E-state index in [0.29, 0.717) is 30.9 Å². The molecule has 7 nitrogen and oxygen atoms in total. The third kappa shape index (κ3) is 4.83. The molecular formula is C24H25N3O4. The van der Waals surface area contributed by atoms with Crippen LogP contribution in [0, 0.1) is 13.8 Å². The van der Waals surface area contributed by atoms with Crippen molar-refractivity contribution in [3.8, 4) is 0 Å². The van der Waals surface area contributed by atoms with Crippen molar-refractivity contribution < 1.29 is 14.0 Å². The second-order valence-corrected chi connectivity index (χ2v) is 7.97. The zero-order valence-electron chi connectivity index (χ0n) is 17.6. The van der Waals surface area contributed by atoms with Gasteiger partial charge in [-0.1, -0.05) is 29.8 Å². The number of nitrogens with zero attached hydrogens (tertiary/aromatic N) is 1. The van der Waals surface area contributed by atoms with Crippen LogP contribution < -0.4 is 16.3 Å². The van der Waals surface area contributed by atoms with Crippen LogP contribution >= 0.6 is 0 Å². The van der Waals surface area contributed by atoms with E-state index in [9.17, 15) is 14.4 Å². The molecule has 1 saturated heterocycles. The van der Waals surface area contributed by atoms with Gasteiger partial charge in [0.25, 0.3) is 0 Å².